The van der Waals surface area contributed by atoms with Crippen molar-refractivity contribution in [2.24, 2.45) is 5.41 Å². The average molecular weight is 263 g/mol. The predicted octanol–water partition coefficient (Wildman–Crippen LogP) is 2.94. The number of H-pyrrole nitrogens is 1. The van der Waals surface area contributed by atoms with Crippen LogP contribution in [0.4, 0.5) is 0 Å². The van der Waals surface area contributed by atoms with Crippen LogP contribution >= 0.6 is 0 Å². The highest BCUT2D eigenvalue weighted by Gasteiger charge is 2.25. The normalized spacial score (nSPS) is 16.0. The maximum Gasteiger partial charge on any atom is 0.231 e. The highest BCUT2D eigenvalue weighted by molar-refractivity contribution is 5.91. The van der Waals surface area contributed by atoms with Gasteiger partial charge in [0.25, 0.3) is 0 Å². The van der Waals surface area contributed by atoms with E-state index >= 15 is 0 Å². The first-order valence-electron chi connectivity index (χ1n) is 6.00. The van der Waals surface area contributed by atoms with Crippen LogP contribution in [0.3, 0.4) is 0 Å². The third-order valence-corrected chi connectivity index (χ3v) is 2.45. The van der Waals surface area contributed by atoms with E-state index in [0.717, 1.165) is 18.3 Å². The molecule has 0 bridgehead atoms. The monoisotopic (exact) mass is 263 g/mol. The topological polar surface area (TPSA) is 86.7 Å². The smallest absolute Gasteiger partial charge is 0.231 e. The summed E-state index contributed by atoms with van der Waals surface area (Å²) >= 11 is 0. The Morgan fingerprint density at radius 2 is 1.95 bits per heavy atom. The molecule has 1 aliphatic rings. The molecular formula is C14H21N3O2. The number of imidazole rings is 1. The molecule has 0 atom stereocenters. The summed E-state index contributed by atoms with van der Waals surface area (Å²) in [6.45, 7) is 8.22. The summed E-state index contributed by atoms with van der Waals surface area (Å²) in [6.07, 6.45) is 7.83. The van der Waals surface area contributed by atoms with Crippen molar-refractivity contribution in [1.29, 1.82) is 5.41 Å². The molecule has 0 spiro atoms. The third kappa shape index (κ3) is 8.69. The van der Waals surface area contributed by atoms with Crippen molar-refractivity contribution in [1.82, 2.24) is 9.97 Å². The van der Waals surface area contributed by atoms with E-state index in [0.29, 0.717) is 6.42 Å². The predicted molar refractivity (Wildman–Crippen MR) is 73.5 cm³/mol. The second-order valence-corrected chi connectivity index (χ2v) is 5.25. The first kappa shape index (κ1) is 17.0. The van der Waals surface area contributed by atoms with Crippen LogP contribution in [0.15, 0.2) is 24.0 Å². The summed E-state index contributed by atoms with van der Waals surface area (Å²) in [7, 11) is 0. The van der Waals surface area contributed by atoms with Crippen LogP contribution in [0.1, 0.15) is 39.4 Å². The third-order valence-electron chi connectivity index (χ3n) is 2.45. The number of isocyanates is 1. The molecule has 0 saturated carbocycles. The minimum Gasteiger partial charge on any atom is -0.349 e. The van der Waals surface area contributed by atoms with E-state index in [2.05, 4.69) is 23.8 Å². The Morgan fingerprint density at radius 1 is 1.37 bits per heavy atom. The maximum atomic E-state index is 11.0. The van der Waals surface area contributed by atoms with Crippen LogP contribution in [0, 0.1) is 17.7 Å². The number of ketones is 1. The fraction of sp³-hybridized carbons (Fsp3) is 0.500. The number of nitrogens with one attached hydrogen (secondary N) is 2. The zero-order valence-corrected chi connectivity index (χ0v) is 11.9. The first-order chi connectivity index (χ1) is 8.80. The molecule has 5 nitrogen and oxygen atoms in total. The lowest BCUT2D eigenvalue weighted by molar-refractivity contribution is -0.117. The van der Waals surface area contributed by atoms with Crippen molar-refractivity contribution in [3.63, 3.8) is 0 Å². The van der Waals surface area contributed by atoms with E-state index in [1.54, 1.807) is 18.5 Å². The minimum absolute atomic E-state index is 0.204. The largest absolute Gasteiger partial charge is 0.349 e. The first-order valence-corrected chi connectivity index (χ1v) is 6.00. The number of hydrogen-bond acceptors (Lipinski definition) is 4. The van der Waals surface area contributed by atoms with Gasteiger partial charge in [-0.1, -0.05) is 19.4 Å². The molecule has 0 saturated heterocycles. The van der Waals surface area contributed by atoms with E-state index in [-0.39, 0.29) is 11.2 Å². The van der Waals surface area contributed by atoms with Gasteiger partial charge in [0, 0.05) is 18.8 Å². The van der Waals surface area contributed by atoms with E-state index < -0.39 is 0 Å². The number of aryl methyl sites for hydroxylation is 1. The molecule has 0 aliphatic heterocycles. The Balaban J connectivity index is 0.000000306. The van der Waals surface area contributed by atoms with Gasteiger partial charge in [-0.05, 0) is 31.8 Å². The van der Waals surface area contributed by atoms with Crippen LogP contribution in [-0.2, 0) is 9.59 Å². The van der Waals surface area contributed by atoms with Gasteiger partial charge in [-0.25, -0.2) is 15.2 Å². The molecule has 1 aliphatic carbocycles. The number of carbonyl (C=O) groups is 1. The molecule has 0 aromatic carbocycles. The Labute approximate surface area is 113 Å². The quantitative estimate of drug-likeness (QED) is 0.557. The summed E-state index contributed by atoms with van der Waals surface area (Å²) in [5.74, 6) is 1.25. The summed E-state index contributed by atoms with van der Waals surface area (Å²) < 4.78 is 0. The van der Waals surface area contributed by atoms with Crippen molar-refractivity contribution in [3.05, 3.63) is 29.9 Å². The summed E-state index contributed by atoms with van der Waals surface area (Å²) in [6, 6.07) is 0. The lowest BCUT2D eigenvalue weighted by atomic mass is 9.77. The van der Waals surface area contributed by atoms with Gasteiger partial charge < -0.3 is 4.98 Å². The fourth-order valence-corrected chi connectivity index (χ4v) is 2.01. The van der Waals surface area contributed by atoms with E-state index in [4.69, 9.17) is 10.2 Å². The molecule has 2 rings (SSSR count). The Hall–Kier alpha value is -2.00. The number of nitrogens with zero attached hydrogens (tertiary/aromatic N) is 1. The van der Waals surface area contributed by atoms with Gasteiger partial charge in [-0.3, -0.25) is 4.79 Å². The molecular weight excluding hydrogens is 242 g/mol. The molecule has 0 unspecified atom stereocenters. The van der Waals surface area contributed by atoms with Crippen LogP contribution in [0.5, 0.6) is 0 Å². The molecule has 0 fully saturated rings. The van der Waals surface area contributed by atoms with Crippen LogP contribution < -0.4 is 0 Å². The highest BCUT2D eigenvalue weighted by atomic mass is 16.1. The second-order valence-electron chi connectivity index (χ2n) is 5.25. The zero-order valence-electron chi connectivity index (χ0n) is 11.9. The van der Waals surface area contributed by atoms with Gasteiger partial charge in [0.05, 0.1) is 0 Å². The molecule has 1 heterocycles. The maximum absolute atomic E-state index is 11.0. The van der Waals surface area contributed by atoms with E-state index in [9.17, 15) is 4.79 Å². The van der Waals surface area contributed by atoms with Gasteiger partial charge in [0.1, 0.15) is 5.82 Å². The molecule has 5 heteroatoms. The van der Waals surface area contributed by atoms with E-state index in [1.807, 2.05) is 13.8 Å². The molecule has 0 radical (unpaired) electrons. The molecule has 104 valence electrons. The number of hydrogen-bond donors (Lipinski definition) is 2. The van der Waals surface area contributed by atoms with Crippen molar-refractivity contribution in [2.45, 2.75) is 40.5 Å². The van der Waals surface area contributed by atoms with E-state index in [1.165, 1.54) is 5.57 Å². The molecule has 2 N–H and O–H groups in total. The Bertz CT molecular complexity index is 453. The summed E-state index contributed by atoms with van der Waals surface area (Å²) in [4.78, 5) is 26.1. The molecule has 1 aromatic rings. The van der Waals surface area contributed by atoms with Gasteiger partial charge in [0.2, 0.25) is 6.08 Å². The van der Waals surface area contributed by atoms with Crippen molar-refractivity contribution < 1.29 is 9.59 Å². The summed E-state index contributed by atoms with van der Waals surface area (Å²) in [5.41, 5.74) is 1.43. The second kappa shape index (κ2) is 8.16. The number of carbonyl (C=O) groups excluding carboxylic acids is 2. The SMILES string of the molecule is CC1=CC(=O)CC(C)(C)C1.Cc1ncc[nH]1.N=C=O. The van der Waals surface area contributed by atoms with Crippen LogP contribution in [-0.4, -0.2) is 21.8 Å². The van der Waals surface area contributed by atoms with Gasteiger partial charge in [-0.15, -0.1) is 0 Å². The van der Waals surface area contributed by atoms with Crippen molar-refractivity contribution >= 4 is 11.9 Å². The lowest BCUT2D eigenvalue weighted by Gasteiger charge is -2.27. The highest BCUT2D eigenvalue weighted by Crippen LogP contribution is 2.32. The van der Waals surface area contributed by atoms with Gasteiger partial charge in [-0.2, -0.15) is 0 Å². The Morgan fingerprint density at radius 3 is 2.21 bits per heavy atom. The Kier molecular flexibility index (Phi) is 7.30. The van der Waals surface area contributed by atoms with Gasteiger partial charge >= 0.3 is 0 Å². The number of aromatic nitrogens is 2. The zero-order chi connectivity index (χ0) is 14.9. The van der Waals surface area contributed by atoms with Gasteiger partial charge in [0.15, 0.2) is 5.78 Å². The molecule has 1 aromatic heterocycles. The standard InChI is InChI=1S/C9H14O.C4H6N2.CHNO/c1-7-4-8(10)6-9(2,3)5-7;1-4-5-2-3-6-4;2-1-3/h4H,5-6H2,1-3H3;2-3H,1H3,(H,5,6);2H. The number of aromatic amines is 1. The van der Waals surface area contributed by atoms with Crippen molar-refractivity contribution in [2.75, 3.05) is 0 Å². The van der Waals surface area contributed by atoms with Crippen LogP contribution in [0.2, 0.25) is 0 Å². The van der Waals surface area contributed by atoms with Crippen molar-refractivity contribution in [3.8, 4) is 0 Å². The van der Waals surface area contributed by atoms with Crippen LogP contribution in [0.25, 0.3) is 0 Å². The summed E-state index contributed by atoms with van der Waals surface area (Å²) in [5, 5.41) is 5.40. The number of rotatable bonds is 0. The number of allylic oxidation sites excluding steroid dienone is 2. The minimum atomic E-state index is 0.204. The molecule has 19 heavy (non-hydrogen) atoms. The molecule has 0 amide bonds. The fourth-order valence-electron chi connectivity index (χ4n) is 2.01. The average Bonchev–Trinajstić information content (AvgIpc) is 2.67. The lowest BCUT2D eigenvalue weighted by Crippen LogP contribution is -2.20.